The van der Waals surface area contributed by atoms with E-state index in [4.69, 9.17) is 0 Å². The minimum atomic E-state index is -0.741. The lowest BCUT2D eigenvalue weighted by molar-refractivity contribution is -0.137. The Labute approximate surface area is 219 Å². The maximum atomic E-state index is 13.9. The van der Waals surface area contributed by atoms with Gasteiger partial charge in [0.1, 0.15) is 12.1 Å². The van der Waals surface area contributed by atoms with Crippen molar-refractivity contribution in [3.05, 3.63) is 65.7 Å². The van der Waals surface area contributed by atoms with Crippen molar-refractivity contribution in [1.82, 2.24) is 15.1 Å². The van der Waals surface area contributed by atoms with Gasteiger partial charge in [0.05, 0.1) is 6.67 Å². The number of carbonyl (C=O) groups is 3. The maximum absolute atomic E-state index is 13.9. The van der Waals surface area contributed by atoms with Crippen LogP contribution in [0.15, 0.2) is 54.6 Å². The van der Waals surface area contributed by atoms with Gasteiger partial charge >= 0.3 is 0 Å². The largest absolute Gasteiger partial charge is 0.352 e. The summed E-state index contributed by atoms with van der Waals surface area (Å²) in [6.07, 6.45) is 7.59. The van der Waals surface area contributed by atoms with Crippen LogP contribution in [0.5, 0.6) is 0 Å². The second-order valence-corrected chi connectivity index (χ2v) is 10.7. The molecule has 0 unspecified atom stereocenters. The van der Waals surface area contributed by atoms with E-state index in [0.29, 0.717) is 38.2 Å². The zero-order chi connectivity index (χ0) is 25.8. The third-order valence-corrected chi connectivity index (χ3v) is 8.37. The van der Waals surface area contributed by atoms with E-state index in [0.717, 1.165) is 37.8 Å². The molecule has 1 spiro atoms. The van der Waals surface area contributed by atoms with Gasteiger partial charge in [-0.2, -0.15) is 0 Å². The smallest absolute Gasteiger partial charge is 0.253 e. The van der Waals surface area contributed by atoms with E-state index in [1.54, 1.807) is 4.90 Å². The van der Waals surface area contributed by atoms with E-state index in [-0.39, 0.29) is 30.3 Å². The highest BCUT2D eigenvalue weighted by molar-refractivity contribution is 5.97. The van der Waals surface area contributed by atoms with Crippen molar-refractivity contribution in [3.8, 4) is 0 Å². The van der Waals surface area contributed by atoms with Crippen molar-refractivity contribution in [3.63, 3.8) is 0 Å². The maximum Gasteiger partial charge on any atom is 0.253 e. The van der Waals surface area contributed by atoms with E-state index >= 15 is 0 Å². The number of benzene rings is 2. The van der Waals surface area contributed by atoms with Gasteiger partial charge in [0, 0.05) is 30.4 Å². The van der Waals surface area contributed by atoms with Crippen molar-refractivity contribution < 1.29 is 14.4 Å². The molecule has 2 saturated heterocycles. The quantitative estimate of drug-likeness (QED) is 0.649. The number of rotatable bonds is 6. The Bertz CT molecular complexity index is 1100. The van der Waals surface area contributed by atoms with E-state index in [1.165, 1.54) is 12.0 Å². The SMILES string of the molecule is CCc1ccc(C(=O)N2CCC3(CC2)C(=O)N(CC(=O)NC2CCCCC2)CN3c2ccccc2)cc1. The van der Waals surface area contributed by atoms with Gasteiger partial charge in [-0.15, -0.1) is 0 Å². The fourth-order valence-corrected chi connectivity index (χ4v) is 6.16. The lowest BCUT2D eigenvalue weighted by atomic mass is 9.85. The topological polar surface area (TPSA) is 73.0 Å². The summed E-state index contributed by atoms with van der Waals surface area (Å²) in [5.41, 5.74) is 2.12. The first-order valence-corrected chi connectivity index (χ1v) is 13.8. The Balaban J connectivity index is 1.30. The highest BCUT2D eigenvalue weighted by atomic mass is 16.2. The minimum Gasteiger partial charge on any atom is -0.352 e. The third-order valence-electron chi connectivity index (χ3n) is 8.37. The standard InChI is InChI=1S/C30H38N4O3/c1-2-23-13-15-24(16-14-23)28(36)32-19-17-30(18-20-32)29(37)33(22-34(30)26-11-7-4-8-12-26)21-27(35)31-25-9-5-3-6-10-25/h4,7-8,11-16,25H,2-3,5-6,9-10,17-22H2,1H3,(H,31,35). The van der Waals surface area contributed by atoms with E-state index in [2.05, 4.69) is 17.1 Å². The van der Waals surface area contributed by atoms with E-state index in [9.17, 15) is 14.4 Å². The van der Waals surface area contributed by atoms with Gasteiger partial charge in [0.2, 0.25) is 5.91 Å². The Morgan fingerprint density at radius 2 is 1.62 bits per heavy atom. The summed E-state index contributed by atoms with van der Waals surface area (Å²) in [7, 11) is 0. The molecule has 2 aromatic rings. The number of anilines is 1. The number of hydrogen-bond donors (Lipinski definition) is 1. The lowest BCUT2D eigenvalue weighted by Gasteiger charge is -2.43. The van der Waals surface area contributed by atoms with Gasteiger partial charge in [-0.05, 0) is 61.9 Å². The summed E-state index contributed by atoms with van der Waals surface area (Å²) in [6.45, 7) is 3.57. The lowest BCUT2D eigenvalue weighted by Crippen LogP contribution is -2.57. The number of aryl methyl sites for hydroxylation is 1. The second kappa shape index (κ2) is 11.0. The van der Waals surface area contributed by atoms with Gasteiger partial charge in [0.25, 0.3) is 11.8 Å². The number of amides is 3. The van der Waals surface area contributed by atoms with Crippen LogP contribution in [0.25, 0.3) is 0 Å². The molecule has 37 heavy (non-hydrogen) atoms. The highest BCUT2D eigenvalue weighted by Gasteiger charge is 2.54. The monoisotopic (exact) mass is 502 g/mol. The summed E-state index contributed by atoms with van der Waals surface area (Å²) >= 11 is 0. The molecule has 7 heteroatoms. The van der Waals surface area contributed by atoms with E-state index in [1.807, 2.05) is 59.5 Å². The number of nitrogens with one attached hydrogen (secondary N) is 1. The van der Waals surface area contributed by atoms with Crippen LogP contribution in [0.2, 0.25) is 0 Å². The Hall–Kier alpha value is -3.35. The zero-order valence-corrected chi connectivity index (χ0v) is 21.8. The molecule has 1 N–H and O–H groups in total. The molecule has 196 valence electrons. The fourth-order valence-electron chi connectivity index (χ4n) is 6.16. The molecule has 7 nitrogen and oxygen atoms in total. The van der Waals surface area contributed by atoms with Gasteiger partial charge in [-0.25, -0.2) is 0 Å². The number of nitrogens with zero attached hydrogens (tertiary/aromatic N) is 3. The summed E-state index contributed by atoms with van der Waals surface area (Å²) in [4.78, 5) is 45.7. The molecule has 2 aliphatic heterocycles. The highest BCUT2D eigenvalue weighted by Crippen LogP contribution is 2.39. The molecular weight excluding hydrogens is 464 g/mol. The first-order chi connectivity index (χ1) is 18.0. The van der Waals surface area contributed by atoms with Crippen LogP contribution in [0.4, 0.5) is 5.69 Å². The van der Waals surface area contributed by atoms with Crippen molar-refractivity contribution in [2.45, 2.75) is 69.9 Å². The molecule has 2 heterocycles. The zero-order valence-electron chi connectivity index (χ0n) is 21.8. The van der Waals surface area contributed by atoms with Crippen molar-refractivity contribution >= 4 is 23.4 Å². The number of carbonyl (C=O) groups excluding carboxylic acids is 3. The average molecular weight is 503 g/mol. The van der Waals surface area contributed by atoms with Gasteiger partial charge < -0.3 is 20.0 Å². The molecule has 0 atom stereocenters. The molecule has 3 fully saturated rings. The summed E-state index contributed by atoms with van der Waals surface area (Å²) in [5, 5.41) is 3.16. The Morgan fingerprint density at radius 1 is 0.946 bits per heavy atom. The van der Waals surface area contributed by atoms with Crippen LogP contribution < -0.4 is 10.2 Å². The van der Waals surface area contributed by atoms with Crippen LogP contribution in [-0.2, 0) is 16.0 Å². The molecule has 0 bridgehead atoms. The number of para-hydroxylation sites is 1. The molecule has 1 aliphatic carbocycles. The first-order valence-electron chi connectivity index (χ1n) is 13.8. The summed E-state index contributed by atoms with van der Waals surface area (Å²) in [6, 6.07) is 18.0. The normalized spacial score (nSPS) is 19.9. The van der Waals surface area contributed by atoms with Crippen LogP contribution in [0, 0.1) is 0 Å². The second-order valence-electron chi connectivity index (χ2n) is 10.7. The molecule has 3 aliphatic rings. The Morgan fingerprint density at radius 3 is 2.27 bits per heavy atom. The van der Waals surface area contributed by atoms with Crippen LogP contribution in [0.1, 0.15) is 67.8 Å². The minimum absolute atomic E-state index is 0.00505. The molecule has 1 saturated carbocycles. The number of hydrogen-bond acceptors (Lipinski definition) is 4. The third kappa shape index (κ3) is 5.22. The fraction of sp³-hybridized carbons (Fsp3) is 0.500. The average Bonchev–Trinajstić information content (AvgIpc) is 3.20. The van der Waals surface area contributed by atoms with Crippen molar-refractivity contribution in [1.29, 1.82) is 0 Å². The Kier molecular flexibility index (Phi) is 7.49. The van der Waals surface area contributed by atoms with Gasteiger partial charge in [0.15, 0.2) is 0 Å². The summed E-state index contributed by atoms with van der Waals surface area (Å²) < 4.78 is 0. The van der Waals surface area contributed by atoms with Crippen LogP contribution in [0.3, 0.4) is 0 Å². The van der Waals surface area contributed by atoms with Crippen LogP contribution >= 0.6 is 0 Å². The number of likely N-dealkylation sites (tertiary alicyclic amines) is 1. The van der Waals surface area contributed by atoms with Gasteiger partial charge in [-0.1, -0.05) is 56.5 Å². The van der Waals surface area contributed by atoms with Crippen LogP contribution in [-0.4, -0.2) is 65.4 Å². The molecule has 3 amide bonds. The molecule has 2 aromatic carbocycles. The first kappa shape index (κ1) is 25.3. The van der Waals surface area contributed by atoms with Crippen molar-refractivity contribution in [2.75, 3.05) is 31.2 Å². The van der Waals surface area contributed by atoms with Gasteiger partial charge in [-0.3, -0.25) is 14.4 Å². The molecule has 0 radical (unpaired) electrons. The predicted molar refractivity (Wildman–Crippen MR) is 144 cm³/mol. The van der Waals surface area contributed by atoms with Crippen molar-refractivity contribution in [2.24, 2.45) is 0 Å². The van der Waals surface area contributed by atoms with E-state index < -0.39 is 5.54 Å². The predicted octanol–water partition coefficient (Wildman–Crippen LogP) is 3.98. The summed E-state index contributed by atoms with van der Waals surface area (Å²) in [5.74, 6) is -0.0686. The molecular formula is C30H38N4O3. The molecule has 5 rings (SSSR count). The molecule has 0 aromatic heterocycles. The number of piperidine rings is 1.